The van der Waals surface area contributed by atoms with E-state index in [2.05, 4.69) is 4.98 Å². The summed E-state index contributed by atoms with van der Waals surface area (Å²) in [6, 6.07) is -0.172. The predicted molar refractivity (Wildman–Crippen MR) is 82.6 cm³/mol. The van der Waals surface area contributed by atoms with Crippen molar-refractivity contribution in [3.05, 3.63) is 4.88 Å². The molecular formula is C12H19N3O4S2. The maximum atomic E-state index is 12.0. The molecule has 1 aromatic rings. The van der Waals surface area contributed by atoms with Crippen molar-refractivity contribution < 1.29 is 17.9 Å². The van der Waals surface area contributed by atoms with Crippen LogP contribution in [0.15, 0.2) is 0 Å². The van der Waals surface area contributed by atoms with Gasteiger partial charge in [0, 0.05) is 12.6 Å². The van der Waals surface area contributed by atoms with Crippen LogP contribution >= 0.6 is 11.3 Å². The van der Waals surface area contributed by atoms with Crippen LogP contribution in [-0.2, 0) is 14.6 Å². The zero-order valence-corrected chi connectivity index (χ0v) is 13.7. The SMILES string of the molecule is CCOC(=O)c1sc(N)nc1N(CC)C1CCS(=O)(=O)C1. The van der Waals surface area contributed by atoms with Gasteiger partial charge in [0.15, 0.2) is 25.7 Å². The molecular weight excluding hydrogens is 314 g/mol. The van der Waals surface area contributed by atoms with E-state index in [1.54, 1.807) is 6.92 Å². The Kier molecular flexibility index (Phi) is 4.72. The molecule has 118 valence electrons. The Labute approximate surface area is 128 Å². The molecule has 1 saturated heterocycles. The van der Waals surface area contributed by atoms with E-state index >= 15 is 0 Å². The second-order valence-electron chi connectivity index (χ2n) is 4.77. The lowest BCUT2D eigenvalue weighted by Gasteiger charge is -2.27. The first-order chi connectivity index (χ1) is 9.88. The Hall–Kier alpha value is -1.35. The lowest BCUT2D eigenvalue weighted by molar-refractivity contribution is 0.0532. The van der Waals surface area contributed by atoms with Crippen molar-refractivity contribution in [2.24, 2.45) is 0 Å². The van der Waals surface area contributed by atoms with Crippen molar-refractivity contribution in [2.45, 2.75) is 26.3 Å². The quantitative estimate of drug-likeness (QED) is 0.799. The summed E-state index contributed by atoms with van der Waals surface area (Å²) in [5, 5.41) is 0.271. The molecule has 2 N–H and O–H groups in total. The third-order valence-electron chi connectivity index (χ3n) is 3.35. The highest BCUT2D eigenvalue weighted by atomic mass is 32.2. The minimum Gasteiger partial charge on any atom is -0.462 e. The van der Waals surface area contributed by atoms with Crippen molar-refractivity contribution in [3.8, 4) is 0 Å². The van der Waals surface area contributed by atoms with Gasteiger partial charge in [-0.25, -0.2) is 18.2 Å². The monoisotopic (exact) mass is 333 g/mol. The first-order valence-corrected chi connectivity index (χ1v) is 9.42. The van der Waals surface area contributed by atoms with Crippen LogP contribution in [0.2, 0.25) is 0 Å². The molecule has 0 spiro atoms. The summed E-state index contributed by atoms with van der Waals surface area (Å²) in [4.78, 5) is 18.4. The number of carbonyl (C=O) groups is 1. The number of anilines is 2. The van der Waals surface area contributed by atoms with Crippen LogP contribution in [-0.4, -0.2) is 50.1 Å². The van der Waals surface area contributed by atoms with E-state index < -0.39 is 15.8 Å². The Morgan fingerprint density at radius 1 is 1.52 bits per heavy atom. The molecule has 1 aromatic heterocycles. The van der Waals surface area contributed by atoms with Gasteiger partial charge in [-0.1, -0.05) is 11.3 Å². The predicted octanol–water partition coefficient (Wildman–Crippen LogP) is 0.915. The molecule has 2 rings (SSSR count). The first kappa shape index (κ1) is 16.0. The van der Waals surface area contributed by atoms with Gasteiger partial charge in [-0.15, -0.1) is 0 Å². The molecule has 1 unspecified atom stereocenters. The summed E-state index contributed by atoms with van der Waals surface area (Å²) in [7, 11) is -3.01. The summed E-state index contributed by atoms with van der Waals surface area (Å²) in [6.07, 6.45) is 0.538. The van der Waals surface area contributed by atoms with E-state index in [0.717, 1.165) is 11.3 Å². The van der Waals surface area contributed by atoms with Crippen LogP contribution in [0, 0.1) is 0 Å². The van der Waals surface area contributed by atoms with E-state index in [-0.39, 0.29) is 29.3 Å². The summed E-state index contributed by atoms with van der Waals surface area (Å²) in [6.45, 7) is 4.44. The van der Waals surface area contributed by atoms with Gasteiger partial charge in [-0.2, -0.15) is 0 Å². The van der Waals surface area contributed by atoms with Crippen LogP contribution in [0.4, 0.5) is 10.9 Å². The van der Waals surface area contributed by atoms with Gasteiger partial charge in [0.25, 0.3) is 0 Å². The molecule has 1 atom stereocenters. The molecule has 0 bridgehead atoms. The van der Waals surface area contributed by atoms with E-state index in [1.165, 1.54) is 0 Å². The molecule has 0 amide bonds. The number of hydrogen-bond donors (Lipinski definition) is 1. The maximum absolute atomic E-state index is 12.0. The molecule has 21 heavy (non-hydrogen) atoms. The standard InChI is InChI=1S/C12H19N3O4S2/c1-3-15(8-5-6-21(17,18)7-8)10-9(11(16)19-4-2)20-12(13)14-10/h8H,3-7H2,1-2H3,(H2,13,14). The second-order valence-corrected chi connectivity index (χ2v) is 8.03. The number of nitrogens with zero attached hydrogens (tertiary/aromatic N) is 2. The maximum Gasteiger partial charge on any atom is 0.352 e. The summed E-state index contributed by atoms with van der Waals surface area (Å²) < 4.78 is 28.3. The van der Waals surface area contributed by atoms with Gasteiger partial charge < -0.3 is 15.4 Å². The Morgan fingerprint density at radius 2 is 2.24 bits per heavy atom. The van der Waals surface area contributed by atoms with Crippen LogP contribution in [0.1, 0.15) is 29.9 Å². The van der Waals surface area contributed by atoms with Crippen molar-refractivity contribution in [1.82, 2.24) is 4.98 Å². The number of esters is 1. The molecule has 1 fully saturated rings. The number of hydrogen-bond acceptors (Lipinski definition) is 8. The molecule has 0 saturated carbocycles. The smallest absolute Gasteiger partial charge is 0.352 e. The molecule has 9 heteroatoms. The van der Waals surface area contributed by atoms with Crippen molar-refractivity contribution in [1.29, 1.82) is 0 Å². The van der Waals surface area contributed by atoms with Crippen LogP contribution in [0.25, 0.3) is 0 Å². The fourth-order valence-corrected chi connectivity index (χ4v) is 4.92. The molecule has 1 aliphatic rings. The van der Waals surface area contributed by atoms with Crippen molar-refractivity contribution >= 4 is 38.1 Å². The average molecular weight is 333 g/mol. The number of rotatable bonds is 5. The molecule has 0 radical (unpaired) electrons. The van der Waals surface area contributed by atoms with Crippen LogP contribution in [0.5, 0.6) is 0 Å². The van der Waals surface area contributed by atoms with Gasteiger partial charge in [0.2, 0.25) is 0 Å². The topological polar surface area (TPSA) is 103 Å². The number of carbonyl (C=O) groups excluding carboxylic acids is 1. The lowest BCUT2D eigenvalue weighted by atomic mass is 10.2. The number of thiazole rings is 1. The highest BCUT2D eigenvalue weighted by Crippen LogP contribution is 2.32. The zero-order valence-electron chi connectivity index (χ0n) is 12.0. The van der Waals surface area contributed by atoms with Gasteiger partial charge in [0.05, 0.1) is 18.1 Å². The number of aromatic nitrogens is 1. The van der Waals surface area contributed by atoms with Gasteiger partial charge in [0.1, 0.15) is 0 Å². The lowest BCUT2D eigenvalue weighted by Crippen LogP contribution is -2.37. The second kappa shape index (κ2) is 6.18. The number of nitrogens with two attached hydrogens (primary N) is 1. The molecule has 2 heterocycles. The zero-order chi connectivity index (χ0) is 15.6. The van der Waals surface area contributed by atoms with Gasteiger partial charge in [-0.05, 0) is 20.3 Å². The third kappa shape index (κ3) is 3.46. The molecule has 0 aliphatic carbocycles. The molecule has 1 aliphatic heterocycles. The van der Waals surface area contributed by atoms with E-state index in [1.807, 2.05) is 11.8 Å². The minimum atomic E-state index is -3.01. The van der Waals surface area contributed by atoms with Crippen LogP contribution < -0.4 is 10.6 Å². The van der Waals surface area contributed by atoms with Crippen LogP contribution in [0.3, 0.4) is 0 Å². The van der Waals surface area contributed by atoms with Crippen molar-refractivity contribution in [2.75, 3.05) is 35.3 Å². The first-order valence-electron chi connectivity index (χ1n) is 6.78. The molecule has 0 aromatic carbocycles. The summed E-state index contributed by atoms with van der Waals surface area (Å²) in [5.74, 6) is 0.213. The normalized spacial score (nSPS) is 20.4. The summed E-state index contributed by atoms with van der Waals surface area (Å²) in [5.41, 5.74) is 5.71. The highest BCUT2D eigenvalue weighted by Gasteiger charge is 2.35. The number of sulfone groups is 1. The Balaban J connectivity index is 2.32. The minimum absolute atomic E-state index is 0.0839. The Morgan fingerprint density at radius 3 is 2.76 bits per heavy atom. The summed E-state index contributed by atoms with van der Waals surface area (Å²) >= 11 is 1.07. The average Bonchev–Trinajstić information content (AvgIpc) is 2.94. The fourth-order valence-electron chi connectivity index (χ4n) is 2.45. The third-order valence-corrected chi connectivity index (χ3v) is 5.95. The van der Waals surface area contributed by atoms with Gasteiger partial charge >= 0.3 is 5.97 Å². The van der Waals surface area contributed by atoms with E-state index in [9.17, 15) is 13.2 Å². The van der Waals surface area contributed by atoms with E-state index in [0.29, 0.717) is 23.7 Å². The number of ether oxygens (including phenoxy) is 1. The van der Waals surface area contributed by atoms with Gasteiger partial charge in [-0.3, -0.25) is 0 Å². The highest BCUT2D eigenvalue weighted by molar-refractivity contribution is 7.91. The fraction of sp³-hybridized carbons (Fsp3) is 0.667. The largest absolute Gasteiger partial charge is 0.462 e. The number of nitrogen functional groups attached to an aromatic ring is 1. The van der Waals surface area contributed by atoms with E-state index in [4.69, 9.17) is 10.5 Å². The van der Waals surface area contributed by atoms with Crippen molar-refractivity contribution in [3.63, 3.8) is 0 Å². The molecule has 7 nitrogen and oxygen atoms in total. The Bertz CT molecular complexity index is 626.